The normalized spacial score (nSPS) is 15.2. The van der Waals surface area contributed by atoms with Crippen molar-refractivity contribution in [3.8, 4) is 5.69 Å². The van der Waals surface area contributed by atoms with Crippen molar-refractivity contribution in [1.29, 1.82) is 0 Å². The molecule has 2 N–H and O–H groups in total. The molecule has 1 aromatic heterocycles. The third-order valence-electron chi connectivity index (χ3n) is 6.16. The summed E-state index contributed by atoms with van der Waals surface area (Å²) in [5, 5.41) is 10.8. The van der Waals surface area contributed by atoms with Gasteiger partial charge in [-0.25, -0.2) is 4.68 Å². The molecule has 3 aromatic rings. The monoisotopic (exact) mass is 445 g/mol. The average Bonchev–Trinajstić information content (AvgIpc) is 3.15. The Bertz CT molecular complexity index is 1100. The molecule has 172 valence electrons. The lowest BCUT2D eigenvalue weighted by molar-refractivity contribution is -0.126. The van der Waals surface area contributed by atoms with E-state index in [9.17, 15) is 9.59 Å². The molecule has 1 atom stereocenters. The first-order valence-electron chi connectivity index (χ1n) is 11.5. The third-order valence-corrected chi connectivity index (χ3v) is 6.16. The molecule has 1 fully saturated rings. The van der Waals surface area contributed by atoms with Gasteiger partial charge in [0, 0.05) is 25.9 Å². The topological polar surface area (TPSA) is 79.3 Å². The number of para-hydroxylation sites is 1. The van der Waals surface area contributed by atoms with Gasteiger partial charge in [0.2, 0.25) is 11.8 Å². The summed E-state index contributed by atoms with van der Waals surface area (Å²) in [6.45, 7) is 6.85. The van der Waals surface area contributed by atoms with Crippen LogP contribution in [0.3, 0.4) is 0 Å². The minimum atomic E-state index is -0.129. The van der Waals surface area contributed by atoms with E-state index in [0.29, 0.717) is 13.1 Å². The van der Waals surface area contributed by atoms with Crippen LogP contribution in [-0.4, -0.2) is 34.7 Å². The van der Waals surface area contributed by atoms with Crippen LogP contribution in [0.15, 0.2) is 60.7 Å². The Kier molecular flexibility index (Phi) is 6.77. The number of anilines is 2. The lowest BCUT2D eigenvalue weighted by atomic mass is 9.95. The van der Waals surface area contributed by atoms with Crippen LogP contribution < -0.4 is 15.5 Å². The van der Waals surface area contributed by atoms with E-state index in [2.05, 4.69) is 15.5 Å². The summed E-state index contributed by atoms with van der Waals surface area (Å²) in [6, 6.07) is 19.9. The number of aromatic nitrogens is 2. The summed E-state index contributed by atoms with van der Waals surface area (Å²) in [7, 11) is 0. The second-order valence-electron chi connectivity index (χ2n) is 8.61. The number of hydrogen-bond donors (Lipinski definition) is 2. The van der Waals surface area contributed by atoms with Crippen LogP contribution in [0.5, 0.6) is 0 Å². The van der Waals surface area contributed by atoms with Gasteiger partial charge in [0.15, 0.2) is 5.82 Å². The molecule has 2 aromatic carbocycles. The molecule has 1 aliphatic heterocycles. The molecule has 0 radical (unpaired) electrons. The van der Waals surface area contributed by atoms with Gasteiger partial charge < -0.3 is 15.5 Å². The molecule has 33 heavy (non-hydrogen) atoms. The van der Waals surface area contributed by atoms with Crippen LogP contribution >= 0.6 is 0 Å². The van der Waals surface area contributed by atoms with Crippen LogP contribution in [-0.2, 0) is 9.59 Å². The Labute approximate surface area is 194 Å². The second kappa shape index (κ2) is 9.90. The first-order chi connectivity index (χ1) is 15.9. The maximum Gasteiger partial charge on any atom is 0.223 e. The predicted octanol–water partition coefficient (Wildman–Crippen LogP) is 4.23. The van der Waals surface area contributed by atoms with E-state index in [0.717, 1.165) is 41.3 Å². The van der Waals surface area contributed by atoms with E-state index in [1.165, 1.54) is 6.92 Å². The Morgan fingerprint density at radius 2 is 1.61 bits per heavy atom. The molecule has 4 rings (SSSR count). The standard InChI is InChI=1S/C26H31N5O2/c1-18(21-10-6-4-7-11-21)27-25(33)22-14-16-30(17-15-22)26-24(28-20(3)32)19(2)29-31(26)23-12-8-5-9-13-23/h4-13,18,22H,14-17H2,1-3H3,(H,27,33)(H,28,32)/t18-/m1/s1. The van der Waals surface area contributed by atoms with E-state index in [1.807, 2.05) is 79.2 Å². The average molecular weight is 446 g/mol. The van der Waals surface area contributed by atoms with Gasteiger partial charge in [0.1, 0.15) is 5.69 Å². The molecule has 7 heteroatoms. The molecule has 0 bridgehead atoms. The number of nitrogens with zero attached hydrogens (tertiary/aromatic N) is 3. The summed E-state index contributed by atoms with van der Waals surface area (Å²) >= 11 is 0. The van der Waals surface area contributed by atoms with Crippen LogP contribution in [0.4, 0.5) is 11.5 Å². The lowest BCUT2D eigenvalue weighted by Crippen LogP contribution is -2.42. The van der Waals surface area contributed by atoms with Crippen molar-refractivity contribution in [3.05, 3.63) is 71.9 Å². The van der Waals surface area contributed by atoms with Gasteiger partial charge >= 0.3 is 0 Å². The molecule has 7 nitrogen and oxygen atoms in total. The summed E-state index contributed by atoms with van der Waals surface area (Å²) in [4.78, 5) is 27.0. The highest BCUT2D eigenvalue weighted by atomic mass is 16.2. The molecule has 0 unspecified atom stereocenters. The molecule has 1 aliphatic rings. The van der Waals surface area contributed by atoms with E-state index in [1.54, 1.807) is 0 Å². The van der Waals surface area contributed by atoms with Crippen molar-refractivity contribution in [2.24, 2.45) is 5.92 Å². The number of benzene rings is 2. The summed E-state index contributed by atoms with van der Waals surface area (Å²) < 4.78 is 1.89. The van der Waals surface area contributed by atoms with Crippen LogP contribution in [0.25, 0.3) is 5.69 Å². The Balaban J connectivity index is 1.50. The number of piperidine rings is 1. The maximum absolute atomic E-state index is 12.9. The molecule has 0 aliphatic carbocycles. The molecular formula is C26H31N5O2. The second-order valence-corrected chi connectivity index (χ2v) is 8.61. The third kappa shape index (κ3) is 5.08. The van der Waals surface area contributed by atoms with Crippen molar-refractivity contribution < 1.29 is 9.59 Å². The van der Waals surface area contributed by atoms with Crippen molar-refractivity contribution in [1.82, 2.24) is 15.1 Å². The number of amides is 2. The van der Waals surface area contributed by atoms with Gasteiger partial charge in [0.25, 0.3) is 0 Å². The fourth-order valence-corrected chi connectivity index (χ4v) is 4.39. The van der Waals surface area contributed by atoms with E-state index < -0.39 is 0 Å². The zero-order valence-electron chi connectivity index (χ0n) is 19.4. The zero-order valence-corrected chi connectivity index (χ0v) is 19.4. The summed E-state index contributed by atoms with van der Waals surface area (Å²) in [5.74, 6) is 0.799. The summed E-state index contributed by atoms with van der Waals surface area (Å²) in [6.07, 6.45) is 1.48. The van der Waals surface area contributed by atoms with Crippen molar-refractivity contribution in [2.45, 2.75) is 39.7 Å². The molecule has 0 spiro atoms. The van der Waals surface area contributed by atoms with Gasteiger partial charge in [-0.1, -0.05) is 48.5 Å². The molecular weight excluding hydrogens is 414 g/mol. The van der Waals surface area contributed by atoms with Gasteiger partial charge in [-0.15, -0.1) is 0 Å². The van der Waals surface area contributed by atoms with Crippen LogP contribution in [0.2, 0.25) is 0 Å². The molecule has 2 heterocycles. The number of carbonyl (C=O) groups is 2. The Morgan fingerprint density at radius 3 is 2.21 bits per heavy atom. The highest BCUT2D eigenvalue weighted by Crippen LogP contribution is 2.35. The molecule has 2 amide bonds. The Hall–Kier alpha value is -3.61. The highest BCUT2D eigenvalue weighted by Gasteiger charge is 2.30. The van der Waals surface area contributed by atoms with Gasteiger partial charge in [-0.05, 0) is 44.4 Å². The largest absolute Gasteiger partial charge is 0.355 e. The number of rotatable bonds is 6. The zero-order chi connectivity index (χ0) is 23.4. The highest BCUT2D eigenvalue weighted by molar-refractivity contribution is 5.93. The molecule has 1 saturated heterocycles. The minimum absolute atomic E-state index is 0.0229. The number of carbonyl (C=O) groups excluding carboxylic acids is 2. The molecule has 0 saturated carbocycles. The van der Waals surface area contributed by atoms with Crippen molar-refractivity contribution >= 4 is 23.3 Å². The van der Waals surface area contributed by atoms with Crippen molar-refractivity contribution in [3.63, 3.8) is 0 Å². The first kappa shape index (κ1) is 22.6. The van der Waals surface area contributed by atoms with Gasteiger partial charge in [-0.3, -0.25) is 9.59 Å². The Morgan fingerprint density at radius 1 is 1.00 bits per heavy atom. The number of nitrogens with one attached hydrogen (secondary N) is 2. The van der Waals surface area contributed by atoms with E-state index in [4.69, 9.17) is 5.10 Å². The quantitative estimate of drug-likeness (QED) is 0.595. The number of aryl methyl sites for hydroxylation is 1. The fourth-order valence-electron chi connectivity index (χ4n) is 4.39. The number of hydrogen-bond acceptors (Lipinski definition) is 4. The smallest absolute Gasteiger partial charge is 0.223 e. The van der Waals surface area contributed by atoms with E-state index >= 15 is 0 Å². The minimum Gasteiger partial charge on any atom is -0.355 e. The predicted molar refractivity (Wildman–Crippen MR) is 131 cm³/mol. The lowest BCUT2D eigenvalue weighted by Gasteiger charge is -2.34. The van der Waals surface area contributed by atoms with E-state index in [-0.39, 0.29) is 23.8 Å². The SMILES string of the molecule is CC(=O)Nc1c(C)nn(-c2ccccc2)c1N1CCC(C(=O)N[C@H](C)c2ccccc2)CC1. The maximum atomic E-state index is 12.9. The summed E-state index contributed by atoms with van der Waals surface area (Å²) in [5.41, 5.74) is 3.53. The van der Waals surface area contributed by atoms with Crippen LogP contribution in [0.1, 0.15) is 44.0 Å². The first-order valence-corrected chi connectivity index (χ1v) is 11.5. The van der Waals surface area contributed by atoms with Gasteiger partial charge in [0.05, 0.1) is 17.4 Å². The van der Waals surface area contributed by atoms with Crippen LogP contribution in [0, 0.1) is 12.8 Å². The van der Waals surface area contributed by atoms with Gasteiger partial charge in [-0.2, -0.15) is 5.10 Å². The fraction of sp³-hybridized carbons (Fsp3) is 0.346. The van der Waals surface area contributed by atoms with Crippen molar-refractivity contribution in [2.75, 3.05) is 23.3 Å².